The first-order valence-corrected chi connectivity index (χ1v) is 7.63. The normalized spacial score (nSPS) is 10.7. The fourth-order valence-electron chi connectivity index (χ4n) is 2.36. The number of nitrogens with two attached hydrogens (primary N) is 1. The van der Waals surface area contributed by atoms with Crippen LogP contribution in [0.2, 0.25) is 0 Å². The van der Waals surface area contributed by atoms with E-state index in [0.717, 1.165) is 34.1 Å². The molecule has 0 saturated heterocycles. The summed E-state index contributed by atoms with van der Waals surface area (Å²) in [5, 5.41) is 0. The lowest BCUT2D eigenvalue weighted by atomic mass is 10.2. The first-order chi connectivity index (χ1) is 11.8. The number of nitrogens with zero attached hydrogens (tertiary/aromatic N) is 2. The van der Waals surface area contributed by atoms with Crippen molar-refractivity contribution >= 4 is 17.4 Å². The number of unbranched alkanes of at least 4 members (excludes halogenated alkanes) is 1. The average molecular weight is 352 g/mol. The lowest BCUT2D eigenvalue weighted by Crippen LogP contribution is -2.39. The summed E-state index contributed by atoms with van der Waals surface area (Å²) in [6, 6.07) is 2.63. The van der Waals surface area contributed by atoms with Gasteiger partial charge in [-0.1, -0.05) is 13.3 Å². The number of carbonyl (C=O) groups is 1. The van der Waals surface area contributed by atoms with E-state index in [1.807, 2.05) is 6.92 Å². The second kappa shape index (κ2) is 7.29. The van der Waals surface area contributed by atoms with Gasteiger partial charge in [0.15, 0.2) is 17.3 Å². The van der Waals surface area contributed by atoms with Gasteiger partial charge in [-0.05, 0) is 24.6 Å². The Bertz CT molecular complexity index is 921. The van der Waals surface area contributed by atoms with Crippen LogP contribution in [0.25, 0.3) is 0 Å². The zero-order chi connectivity index (χ0) is 18.7. The largest absolute Gasteiger partial charge is 0.383 e. The minimum Gasteiger partial charge on any atom is -0.383 e. The van der Waals surface area contributed by atoms with E-state index in [9.17, 15) is 23.2 Å². The third-order valence-corrected chi connectivity index (χ3v) is 3.76. The molecule has 0 aliphatic heterocycles. The van der Waals surface area contributed by atoms with Crippen molar-refractivity contribution in [1.82, 2.24) is 9.55 Å². The van der Waals surface area contributed by atoms with E-state index in [2.05, 4.69) is 4.98 Å². The summed E-state index contributed by atoms with van der Waals surface area (Å²) in [5.41, 5.74) is 4.01. The van der Waals surface area contributed by atoms with Gasteiger partial charge in [0.05, 0.1) is 0 Å². The molecule has 0 fully saturated rings. The maximum Gasteiger partial charge on any atom is 0.330 e. The predicted octanol–water partition coefficient (Wildman–Crippen LogP) is 1.47. The van der Waals surface area contributed by atoms with Crippen molar-refractivity contribution in [2.75, 3.05) is 17.7 Å². The average Bonchev–Trinajstić information content (AvgIpc) is 2.56. The predicted molar refractivity (Wildman–Crippen MR) is 89.7 cm³/mol. The van der Waals surface area contributed by atoms with Gasteiger partial charge in [0.25, 0.3) is 11.5 Å². The zero-order valence-corrected chi connectivity index (χ0v) is 13.8. The SMILES string of the molecule is CCCCn1c(N)c(N(C)C(=O)c2ccc(F)c(F)c2)c(=O)[nH]c1=O. The Morgan fingerprint density at radius 3 is 2.56 bits per heavy atom. The molecular weight excluding hydrogens is 334 g/mol. The van der Waals surface area contributed by atoms with Gasteiger partial charge in [0.2, 0.25) is 0 Å². The monoisotopic (exact) mass is 352 g/mol. The Balaban J connectivity index is 2.49. The fraction of sp³-hybridized carbons (Fsp3) is 0.312. The highest BCUT2D eigenvalue weighted by Crippen LogP contribution is 2.19. The molecule has 7 nitrogen and oxygen atoms in total. The summed E-state index contributed by atoms with van der Waals surface area (Å²) < 4.78 is 27.5. The number of H-pyrrole nitrogens is 1. The number of rotatable bonds is 5. The van der Waals surface area contributed by atoms with Crippen molar-refractivity contribution in [1.29, 1.82) is 0 Å². The summed E-state index contributed by atoms with van der Waals surface area (Å²) in [6.07, 6.45) is 1.44. The van der Waals surface area contributed by atoms with Gasteiger partial charge in [0.1, 0.15) is 5.82 Å². The molecule has 0 bridgehead atoms. The van der Waals surface area contributed by atoms with Crippen molar-refractivity contribution in [2.24, 2.45) is 0 Å². The topological polar surface area (TPSA) is 101 Å². The Kier molecular flexibility index (Phi) is 5.35. The third-order valence-electron chi connectivity index (χ3n) is 3.76. The van der Waals surface area contributed by atoms with Gasteiger partial charge in [-0.3, -0.25) is 19.1 Å². The molecule has 0 spiro atoms. The maximum atomic E-state index is 13.3. The van der Waals surface area contributed by atoms with Gasteiger partial charge in [0, 0.05) is 19.2 Å². The van der Waals surface area contributed by atoms with Crippen LogP contribution in [0, 0.1) is 11.6 Å². The summed E-state index contributed by atoms with van der Waals surface area (Å²) >= 11 is 0. The van der Waals surface area contributed by atoms with E-state index in [1.54, 1.807) is 0 Å². The van der Waals surface area contributed by atoms with Crippen molar-refractivity contribution < 1.29 is 13.6 Å². The number of nitrogen functional groups attached to an aromatic ring is 1. The first-order valence-electron chi connectivity index (χ1n) is 7.63. The maximum absolute atomic E-state index is 13.3. The van der Waals surface area contributed by atoms with Crippen LogP contribution in [0.3, 0.4) is 0 Å². The number of nitrogens with one attached hydrogen (secondary N) is 1. The number of halogens is 2. The molecule has 1 aromatic carbocycles. The molecule has 25 heavy (non-hydrogen) atoms. The lowest BCUT2D eigenvalue weighted by molar-refractivity contribution is 0.0992. The third kappa shape index (κ3) is 3.59. The molecule has 0 atom stereocenters. The van der Waals surface area contributed by atoms with Crippen molar-refractivity contribution in [3.63, 3.8) is 0 Å². The highest BCUT2D eigenvalue weighted by Gasteiger charge is 2.22. The van der Waals surface area contributed by atoms with Gasteiger partial charge in [-0.25, -0.2) is 13.6 Å². The smallest absolute Gasteiger partial charge is 0.330 e. The van der Waals surface area contributed by atoms with Crippen LogP contribution < -0.4 is 21.9 Å². The molecule has 1 heterocycles. The molecule has 3 N–H and O–H groups in total. The lowest BCUT2D eigenvalue weighted by Gasteiger charge is -2.20. The number of anilines is 2. The van der Waals surface area contributed by atoms with E-state index in [-0.39, 0.29) is 23.6 Å². The van der Waals surface area contributed by atoms with Gasteiger partial charge in [-0.2, -0.15) is 0 Å². The Morgan fingerprint density at radius 1 is 1.28 bits per heavy atom. The van der Waals surface area contributed by atoms with Gasteiger partial charge < -0.3 is 10.6 Å². The summed E-state index contributed by atoms with van der Waals surface area (Å²) in [5.74, 6) is -3.21. The zero-order valence-electron chi connectivity index (χ0n) is 13.8. The second-order valence-electron chi connectivity index (χ2n) is 5.49. The molecule has 0 saturated carbocycles. The van der Waals surface area contributed by atoms with Crippen LogP contribution in [0.1, 0.15) is 30.1 Å². The van der Waals surface area contributed by atoms with E-state index < -0.39 is 28.8 Å². The van der Waals surface area contributed by atoms with Crippen LogP contribution >= 0.6 is 0 Å². The van der Waals surface area contributed by atoms with E-state index in [4.69, 9.17) is 5.73 Å². The van der Waals surface area contributed by atoms with Crippen LogP contribution in [-0.4, -0.2) is 22.5 Å². The Hall–Kier alpha value is -2.97. The van der Waals surface area contributed by atoms with E-state index >= 15 is 0 Å². The standard InChI is InChI=1S/C16H18F2N4O3/c1-3-4-7-22-13(19)12(14(23)20-16(22)25)21(2)15(24)9-5-6-10(17)11(18)8-9/h5-6,8H,3-4,7,19H2,1-2H3,(H,20,23,25). The summed E-state index contributed by atoms with van der Waals surface area (Å²) in [6.45, 7) is 2.20. The van der Waals surface area contributed by atoms with Crippen LogP contribution in [0.5, 0.6) is 0 Å². The molecule has 2 rings (SSSR count). The molecule has 1 aromatic heterocycles. The molecule has 0 aliphatic rings. The first kappa shape index (κ1) is 18.4. The number of aromatic amines is 1. The number of carbonyl (C=O) groups excluding carboxylic acids is 1. The summed E-state index contributed by atoms with van der Waals surface area (Å²) in [4.78, 5) is 39.5. The Labute approximate surface area is 141 Å². The van der Waals surface area contributed by atoms with Gasteiger partial charge in [-0.15, -0.1) is 0 Å². The molecule has 0 unspecified atom stereocenters. The molecule has 0 radical (unpaired) electrons. The van der Waals surface area contributed by atoms with Crippen LogP contribution in [-0.2, 0) is 6.54 Å². The number of aromatic nitrogens is 2. The minimum atomic E-state index is -1.19. The number of benzene rings is 1. The number of hydrogen-bond donors (Lipinski definition) is 2. The summed E-state index contributed by atoms with van der Waals surface area (Å²) in [7, 11) is 1.26. The number of amides is 1. The molecular formula is C16H18F2N4O3. The highest BCUT2D eigenvalue weighted by molar-refractivity contribution is 6.06. The van der Waals surface area contributed by atoms with Crippen molar-refractivity contribution in [3.05, 3.63) is 56.2 Å². The van der Waals surface area contributed by atoms with Crippen molar-refractivity contribution in [3.8, 4) is 0 Å². The quantitative estimate of drug-likeness (QED) is 0.851. The second-order valence-corrected chi connectivity index (χ2v) is 5.49. The van der Waals surface area contributed by atoms with E-state index in [1.165, 1.54) is 7.05 Å². The molecule has 1 amide bonds. The minimum absolute atomic E-state index is 0.161. The highest BCUT2D eigenvalue weighted by atomic mass is 19.2. The molecule has 134 valence electrons. The Morgan fingerprint density at radius 2 is 1.96 bits per heavy atom. The molecule has 2 aromatic rings. The fourth-order valence-corrected chi connectivity index (χ4v) is 2.36. The van der Waals surface area contributed by atoms with Crippen molar-refractivity contribution in [2.45, 2.75) is 26.3 Å². The van der Waals surface area contributed by atoms with Crippen LogP contribution in [0.15, 0.2) is 27.8 Å². The van der Waals surface area contributed by atoms with Gasteiger partial charge >= 0.3 is 5.69 Å². The molecule has 9 heteroatoms. The molecule has 0 aliphatic carbocycles. The van der Waals surface area contributed by atoms with E-state index in [0.29, 0.717) is 6.42 Å². The number of hydrogen-bond acceptors (Lipinski definition) is 4. The van der Waals surface area contributed by atoms with Crippen LogP contribution in [0.4, 0.5) is 20.3 Å².